The standard InChI is InChI=1S/C22H14S/c1-2-18-12-17-8-9-19-20(22(17)23-18)10-7-16-11-14-5-3-4-6-15(14)13-21(16)19/h2-13H,1H2. The summed E-state index contributed by atoms with van der Waals surface area (Å²) in [5.74, 6) is 0. The zero-order chi connectivity index (χ0) is 15.4. The van der Waals surface area contributed by atoms with Gasteiger partial charge in [-0.15, -0.1) is 11.3 Å². The minimum absolute atomic E-state index is 1.23. The average molecular weight is 310 g/mol. The van der Waals surface area contributed by atoms with Crippen molar-refractivity contribution in [3.8, 4) is 0 Å². The molecule has 0 aliphatic rings. The second-order valence-corrected chi connectivity index (χ2v) is 7.00. The van der Waals surface area contributed by atoms with E-state index in [9.17, 15) is 0 Å². The molecule has 0 nitrogen and oxygen atoms in total. The Morgan fingerprint density at radius 1 is 0.652 bits per heavy atom. The quantitative estimate of drug-likeness (QED) is 0.231. The van der Waals surface area contributed by atoms with E-state index in [4.69, 9.17) is 0 Å². The Bertz CT molecular complexity index is 1220. The maximum atomic E-state index is 3.90. The zero-order valence-corrected chi connectivity index (χ0v) is 13.4. The van der Waals surface area contributed by atoms with Gasteiger partial charge in [0.25, 0.3) is 0 Å². The molecule has 0 amide bonds. The molecule has 0 aliphatic heterocycles. The highest BCUT2D eigenvalue weighted by Gasteiger charge is 2.08. The number of hydrogen-bond donors (Lipinski definition) is 0. The molecule has 0 aliphatic carbocycles. The summed E-state index contributed by atoms with van der Waals surface area (Å²) in [7, 11) is 0. The lowest BCUT2D eigenvalue weighted by Crippen LogP contribution is -1.80. The Morgan fingerprint density at radius 3 is 2.22 bits per heavy atom. The predicted molar refractivity (Wildman–Crippen MR) is 104 cm³/mol. The highest BCUT2D eigenvalue weighted by molar-refractivity contribution is 7.20. The third kappa shape index (κ3) is 1.84. The number of rotatable bonds is 1. The summed E-state index contributed by atoms with van der Waals surface area (Å²) < 4.78 is 1.35. The molecule has 0 saturated carbocycles. The van der Waals surface area contributed by atoms with E-state index in [1.807, 2.05) is 17.4 Å². The average Bonchev–Trinajstić information content (AvgIpc) is 3.03. The third-order valence-electron chi connectivity index (χ3n) is 4.58. The molecule has 0 N–H and O–H groups in total. The Kier molecular flexibility index (Phi) is 2.61. The molecule has 0 radical (unpaired) electrons. The van der Waals surface area contributed by atoms with Gasteiger partial charge in [0.15, 0.2) is 0 Å². The first-order chi connectivity index (χ1) is 11.3. The van der Waals surface area contributed by atoms with E-state index in [1.165, 1.54) is 47.3 Å². The van der Waals surface area contributed by atoms with Gasteiger partial charge in [-0.3, -0.25) is 0 Å². The molecular weight excluding hydrogens is 296 g/mol. The van der Waals surface area contributed by atoms with Gasteiger partial charge < -0.3 is 0 Å². The molecule has 23 heavy (non-hydrogen) atoms. The minimum atomic E-state index is 1.23. The molecular formula is C22H14S. The SMILES string of the molecule is C=Cc1cc2ccc3c4cc5ccccc5cc4ccc3c2s1. The van der Waals surface area contributed by atoms with Gasteiger partial charge in [0, 0.05) is 15.0 Å². The van der Waals surface area contributed by atoms with Crippen LogP contribution in [-0.2, 0) is 0 Å². The fourth-order valence-corrected chi connectivity index (χ4v) is 4.49. The summed E-state index contributed by atoms with van der Waals surface area (Å²) in [4.78, 5) is 1.23. The fraction of sp³-hybridized carbons (Fsp3) is 0. The summed E-state index contributed by atoms with van der Waals surface area (Å²) in [6.07, 6.45) is 1.94. The van der Waals surface area contributed by atoms with E-state index in [0.29, 0.717) is 0 Å². The zero-order valence-electron chi connectivity index (χ0n) is 12.5. The van der Waals surface area contributed by atoms with Crippen LogP contribution in [0.5, 0.6) is 0 Å². The van der Waals surface area contributed by atoms with Crippen molar-refractivity contribution in [3.05, 3.63) is 78.2 Å². The minimum Gasteiger partial charge on any atom is -0.135 e. The maximum Gasteiger partial charge on any atom is 0.0427 e. The third-order valence-corrected chi connectivity index (χ3v) is 5.76. The summed E-state index contributed by atoms with van der Waals surface area (Å²) in [6.45, 7) is 3.90. The molecule has 0 bridgehead atoms. The van der Waals surface area contributed by atoms with Gasteiger partial charge in [-0.25, -0.2) is 0 Å². The number of hydrogen-bond acceptors (Lipinski definition) is 1. The van der Waals surface area contributed by atoms with Crippen LogP contribution < -0.4 is 0 Å². The van der Waals surface area contributed by atoms with Crippen molar-refractivity contribution in [1.82, 2.24) is 0 Å². The molecule has 5 rings (SSSR count). The summed E-state index contributed by atoms with van der Waals surface area (Å²) >= 11 is 1.82. The molecule has 108 valence electrons. The number of benzene rings is 4. The summed E-state index contributed by atoms with van der Waals surface area (Å²) in [5.41, 5.74) is 0. The first-order valence-corrected chi connectivity index (χ1v) is 8.55. The first kappa shape index (κ1) is 12.9. The van der Waals surface area contributed by atoms with Gasteiger partial charge in [-0.1, -0.05) is 61.2 Å². The van der Waals surface area contributed by atoms with Crippen LogP contribution in [0.4, 0.5) is 0 Å². The molecule has 1 heterocycles. The lowest BCUT2D eigenvalue weighted by atomic mass is 9.98. The molecule has 0 atom stereocenters. The smallest absolute Gasteiger partial charge is 0.0427 e. The van der Waals surface area contributed by atoms with Gasteiger partial charge in [-0.05, 0) is 50.5 Å². The van der Waals surface area contributed by atoms with Crippen LogP contribution in [0.3, 0.4) is 0 Å². The molecule has 1 aromatic heterocycles. The van der Waals surface area contributed by atoms with E-state index in [1.54, 1.807) is 0 Å². The van der Waals surface area contributed by atoms with Crippen LogP contribution in [0.1, 0.15) is 4.88 Å². The normalized spacial score (nSPS) is 11.7. The molecule has 5 aromatic rings. The fourth-order valence-electron chi connectivity index (χ4n) is 3.45. The highest BCUT2D eigenvalue weighted by atomic mass is 32.1. The van der Waals surface area contributed by atoms with Crippen molar-refractivity contribution in [1.29, 1.82) is 0 Å². The van der Waals surface area contributed by atoms with Crippen molar-refractivity contribution >= 4 is 59.8 Å². The van der Waals surface area contributed by atoms with Crippen molar-refractivity contribution in [2.24, 2.45) is 0 Å². The van der Waals surface area contributed by atoms with Crippen LogP contribution >= 0.6 is 11.3 Å². The van der Waals surface area contributed by atoms with E-state index in [-0.39, 0.29) is 0 Å². The van der Waals surface area contributed by atoms with Crippen LogP contribution in [0.2, 0.25) is 0 Å². The Labute approximate surface area is 138 Å². The number of fused-ring (bicyclic) bond motifs is 6. The molecule has 0 saturated heterocycles. The van der Waals surface area contributed by atoms with Crippen molar-refractivity contribution in [2.75, 3.05) is 0 Å². The molecule has 0 spiro atoms. The van der Waals surface area contributed by atoms with Gasteiger partial charge in [0.05, 0.1) is 0 Å². The molecule has 0 fully saturated rings. The second-order valence-electron chi connectivity index (χ2n) is 5.92. The highest BCUT2D eigenvalue weighted by Crippen LogP contribution is 2.37. The van der Waals surface area contributed by atoms with Gasteiger partial charge in [0.2, 0.25) is 0 Å². The van der Waals surface area contributed by atoms with Crippen LogP contribution in [0.15, 0.2) is 73.3 Å². The number of thiophene rings is 1. The van der Waals surface area contributed by atoms with Crippen LogP contribution in [0, 0.1) is 0 Å². The molecule has 4 aromatic carbocycles. The van der Waals surface area contributed by atoms with Gasteiger partial charge in [0.1, 0.15) is 0 Å². The largest absolute Gasteiger partial charge is 0.135 e. The van der Waals surface area contributed by atoms with E-state index in [2.05, 4.69) is 73.3 Å². The summed E-state index contributed by atoms with van der Waals surface area (Å²) in [6, 6.07) is 24.4. The van der Waals surface area contributed by atoms with Crippen molar-refractivity contribution in [3.63, 3.8) is 0 Å². The lowest BCUT2D eigenvalue weighted by Gasteiger charge is -2.07. The second kappa shape index (κ2) is 4.68. The lowest BCUT2D eigenvalue weighted by molar-refractivity contribution is 1.79. The van der Waals surface area contributed by atoms with E-state index in [0.717, 1.165) is 0 Å². The van der Waals surface area contributed by atoms with Crippen LogP contribution in [0.25, 0.3) is 48.5 Å². The first-order valence-electron chi connectivity index (χ1n) is 7.74. The Morgan fingerprint density at radius 2 is 1.39 bits per heavy atom. The van der Waals surface area contributed by atoms with Crippen molar-refractivity contribution in [2.45, 2.75) is 0 Å². The Balaban J connectivity index is 1.98. The van der Waals surface area contributed by atoms with Gasteiger partial charge >= 0.3 is 0 Å². The Hall–Kier alpha value is -2.64. The topological polar surface area (TPSA) is 0 Å². The van der Waals surface area contributed by atoms with Gasteiger partial charge in [-0.2, -0.15) is 0 Å². The maximum absolute atomic E-state index is 3.90. The van der Waals surface area contributed by atoms with E-state index < -0.39 is 0 Å². The summed E-state index contributed by atoms with van der Waals surface area (Å²) in [5, 5.41) is 9.20. The predicted octanol–water partition coefficient (Wildman–Crippen LogP) is 7.00. The van der Waals surface area contributed by atoms with Crippen LogP contribution in [-0.4, -0.2) is 0 Å². The van der Waals surface area contributed by atoms with Crippen molar-refractivity contribution < 1.29 is 0 Å². The van der Waals surface area contributed by atoms with E-state index >= 15 is 0 Å². The monoisotopic (exact) mass is 310 g/mol. The molecule has 0 unspecified atom stereocenters. The molecule has 1 heteroatoms.